The quantitative estimate of drug-likeness (QED) is 0.0437. The van der Waals surface area contributed by atoms with Gasteiger partial charge in [0.2, 0.25) is 11.3 Å². The van der Waals surface area contributed by atoms with Crippen LogP contribution in [0.4, 0.5) is 22.0 Å². The molecule has 0 bridgehead atoms. The molecule has 1 atom stereocenters. The van der Waals surface area contributed by atoms with Crippen LogP contribution in [0.15, 0.2) is 12.4 Å². The SMILES string of the molecule is C.CCOC(=O)C1(F)CCCC1.CCOC(=O)C1CCCC1.CC[Si](CC)(CC)OC(CCCC1(F)CCCC1)c1c(Cl)cncc1Cl.CON(C)C(=O)C1(F)CCCC1.O=C(O)C1(F)CCCC1.O=C(O)C1CCCC1.O=CC1(F)CCCC1. The van der Waals surface area contributed by atoms with Gasteiger partial charge >= 0.3 is 23.9 Å². The second kappa shape index (κ2) is 40.2. The maximum Gasteiger partial charge on any atom is 0.343 e. The van der Waals surface area contributed by atoms with Gasteiger partial charge in [0, 0.05) is 25.0 Å². The molecule has 2 N–H and O–H groups in total. The molecule has 1 aromatic heterocycles. The highest BCUT2D eigenvalue weighted by Gasteiger charge is 2.45. The van der Waals surface area contributed by atoms with Crippen molar-refractivity contribution in [3.8, 4) is 0 Å². The molecule has 492 valence electrons. The summed E-state index contributed by atoms with van der Waals surface area (Å²) in [7, 11) is 0.949. The summed E-state index contributed by atoms with van der Waals surface area (Å²) in [5.41, 5.74) is -6.80. The van der Waals surface area contributed by atoms with E-state index in [0.717, 1.165) is 131 Å². The van der Waals surface area contributed by atoms with Crippen molar-refractivity contribution in [1.82, 2.24) is 10.0 Å². The maximum absolute atomic E-state index is 14.8. The van der Waals surface area contributed by atoms with Crippen LogP contribution in [0.5, 0.6) is 0 Å². The van der Waals surface area contributed by atoms with Crippen LogP contribution in [0.2, 0.25) is 28.2 Å². The topological polar surface area (TPSA) is 196 Å². The highest BCUT2D eigenvalue weighted by Crippen LogP contribution is 2.43. The zero-order chi connectivity index (χ0) is 63.0. The third-order valence-electron chi connectivity index (χ3n) is 17.6. The zero-order valence-electron chi connectivity index (χ0n) is 51.4. The lowest BCUT2D eigenvalue weighted by Crippen LogP contribution is -2.41. The van der Waals surface area contributed by atoms with E-state index in [0.29, 0.717) is 93.6 Å². The second-order valence-electron chi connectivity index (χ2n) is 23.6. The number of hydroxylamine groups is 2. The number of nitrogens with zero attached hydrogens (tertiary/aromatic N) is 2. The molecule has 85 heavy (non-hydrogen) atoms. The fourth-order valence-corrected chi connectivity index (χ4v) is 15.3. The Morgan fingerprint density at radius 2 is 1.06 bits per heavy atom. The molecule has 0 aromatic carbocycles. The summed E-state index contributed by atoms with van der Waals surface area (Å²) in [6.45, 7) is 11.0. The smallest absolute Gasteiger partial charge is 0.343 e. The molecule has 1 unspecified atom stereocenters. The number of hydrogen-bond acceptors (Lipinski definition) is 11. The van der Waals surface area contributed by atoms with Crippen LogP contribution in [-0.4, -0.2) is 120 Å². The van der Waals surface area contributed by atoms with Crippen molar-refractivity contribution >= 4 is 67.6 Å². The van der Waals surface area contributed by atoms with E-state index in [1.165, 1.54) is 27.0 Å². The zero-order valence-corrected chi connectivity index (χ0v) is 53.9. The number of halogens is 7. The van der Waals surface area contributed by atoms with Gasteiger partial charge in [0.1, 0.15) is 5.67 Å². The summed E-state index contributed by atoms with van der Waals surface area (Å²) >= 11 is 12.9. The van der Waals surface area contributed by atoms with E-state index < -0.39 is 60.5 Å². The average molecular weight is 1280 g/mol. The number of aromatic nitrogens is 1. The van der Waals surface area contributed by atoms with Gasteiger partial charge in [-0.3, -0.25) is 29.0 Å². The number of aldehydes is 1. The van der Waals surface area contributed by atoms with Gasteiger partial charge in [-0.05, 0) is 193 Å². The van der Waals surface area contributed by atoms with Gasteiger partial charge in [0.05, 0.1) is 48.3 Å². The summed E-state index contributed by atoms with van der Waals surface area (Å²) in [5.74, 6) is -2.91. The normalized spacial score (nSPS) is 20.6. The molecule has 1 aromatic rings. The van der Waals surface area contributed by atoms with Crippen LogP contribution in [0.25, 0.3) is 0 Å². The molecule has 0 radical (unpaired) electrons. The summed E-state index contributed by atoms with van der Waals surface area (Å²) in [6.07, 6.45) is 26.5. The molecule has 1 heterocycles. The van der Waals surface area contributed by atoms with E-state index in [2.05, 4.69) is 35.3 Å². The Morgan fingerprint density at radius 3 is 1.42 bits per heavy atom. The third kappa shape index (κ3) is 27.0. The Labute approximate surface area is 515 Å². The lowest BCUT2D eigenvalue weighted by molar-refractivity contribution is -0.181. The maximum atomic E-state index is 14.8. The number of carboxylic acid groups (broad SMARTS) is 2. The van der Waals surface area contributed by atoms with Gasteiger partial charge in [-0.25, -0.2) is 36.6 Å². The Kier molecular flexibility index (Phi) is 37.6. The van der Waals surface area contributed by atoms with Crippen LogP contribution in [0.1, 0.15) is 253 Å². The molecule has 7 aliphatic rings. The van der Waals surface area contributed by atoms with Crippen molar-refractivity contribution in [2.75, 3.05) is 27.4 Å². The van der Waals surface area contributed by atoms with Gasteiger partial charge in [0.25, 0.3) is 5.91 Å². The van der Waals surface area contributed by atoms with E-state index in [-0.39, 0.29) is 50.8 Å². The predicted molar refractivity (Wildman–Crippen MR) is 326 cm³/mol. The molecule has 0 saturated heterocycles. The van der Waals surface area contributed by atoms with Crippen molar-refractivity contribution in [2.45, 2.75) is 294 Å². The molecule has 0 aliphatic heterocycles. The molecule has 22 heteroatoms. The van der Waals surface area contributed by atoms with Crippen LogP contribution in [-0.2, 0) is 47.5 Å². The third-order valence-corrected chi connectivity index (χ3v) is 22.9. The summed E-state index contributed by atoms with van der Waals surface area (Å²) < 4.78 is 83.6. The highest BCUT2D eigenvalue weighted by atomic mass is 35.5. The number of pyridine rings is 1. The monoisotopic (exact) mass is 1270 g/mol. The van der Waals surface area contributed by atoms with E-state index in [1.807, 2.05) is 6.92 Å². The van der Waals surface area contributed by atoms with Crippen LogP contribution < -0.4 is 0 Å². The summed E-state index contributed by atoms with van der Waals surface area (Å²) in [6, 6.07) is 3.18. The van der Waals surface area contributed by atoms with Gasteiger partial charge in [-0.1, -0.05) is 89.9 Å². The Hall–Kier alpha value is -3.46. The lowest BCUT2D eigenvalue weighted by Gasteiger charge is -2.34. The van der Waals surface area contributed by atoms with Crippen molar-refractivity contribution in [3.63, 3.8) is 0 Å². The number of carboxylic acids is 2. The number of carbonyl (C=O) groups excluding carboxylic acids is 4. The Morgan fingerprint density at radius 1 is 0.647 bits per heavy atom. The molecule has 8 rings (SSSR count). The van der Waals surface area contributed by atoms with Crippen LogP contribution in [0, 0.1) is 11.8 Å². The molecule has 0 spiro atoms. The van der Waals surface area contributed by atoms with Crippen molar-refractivity contribution in [1.29, 1.82) is 0 Å². The number of ether oxygens (including phenoxy) is 2. The van der Waals surface area contributed by atoms with Gasteiger partial charge in [0.15, 0.2) is 25.9 Å². The average Bonchev–Trinajstić information content (AvgIpc) is 3.94. The van der Waals surface area contributed by atoms with Gasteiger partial charge in [-0.15, -0.1) is 0 Å². The first-order valence-electron chi connectivity index (χ1n) is 31.2. The van der Waals surface area contributed by atoms with Crippen LogP contribution in [0.3, 0.4) is 0 Å². The molecule has 14 nitrogen and oxygen atoms in total. The molecule has 7 saturated carbocycles. The first kappa shape index (κ1) is 79.5. The first-order chi connectivity index (χ1) is 39.7. The largest absolute Gasteiger partial charge is 0.481 e. The Balaban J connectivity index is 0.000000523. The number of alkyl halides is 5. The summed E-state index contributed by atoms with van der Waals surface area (Å²) in [5, 5.41) is 18.8. The highest BCUT2D eigenvalue weighted by molar-refractivity contribution is 6.73. The molecular formula is C63H105Cl2F5N2O12Si. The second-order valence-corrected chi connectivity index (χ2v) is 29.1. The number of amides is 1. The van der Waals surface area contributed by atoms with Crippen molar-refractivity contribution in [2.24, 2.45) is 11.8 Å². The van der Waals surface area contributed by atoms with E-state index in [9.17, 15) is 50.7 Å². The first-order valence-corrected chi connectivity index (χ1v) is 34.5. The number of rotatable bonds is 19. The summed E-state index contributed by atoms with van der Waals surface area (Å²) in [4.78, 5) is 72.3. The number of aliphatic carboxylic acids is 2. The minimum Gasteiger partial charge on any atom is -0.481 e. The fraction of sp³-hybridized carbons (Fsp3) is 0.825. The van der Waals surface area contributed by atoms with E-state index in [1.54, 1.807) is 19.3 Å². The standard InChI is InChI=1S/C20H32Cl2FNOSi.C8H14FNO2.C8H13FO2.C8H14O2.C6H9FO2.C6H9FO.C6H10O2.CH4/c1-4-26(5-2,6-3)25-18(19-16(21)14-24-15-17(19)22)10-9-13-20(23)11-7-8-12-20;1-10(12-2)7(11)8(9)5-3-4-6-8;1-2-11-7(10)8(9)5-3-4-6-8;1-2-10-8(9)7-5-3-4-6-7;7-6(5(8)9)3-1-2-4-6;7-6(5-8)3-1-2-4-6;7-6(8)5-3-1-2-4-5;/h14-15,18H,4-13H2,1-3H3;3-6H2,1-2H3;2-6H2,1H3;7H,2-6H2,1H3;1-4H2,(H,8,9);5H,1-4H2;5H,1-4H2,(H,7,8);1H4. The predicted octanol–water partition coefficient (Wildman–Crippen LogP) is 17.5. The number of hydrogen-bond donors (Lipinski definition) is 2. The molecular weight excluding hydrogens is 1170 g/mol. The van der Waals surface area contributed by atoms with E-state index >= 15 is 0 Å². The van der Waals surface area contributed by atoms with Gasteiger partial charge < -0.3 is 24.1 Å². The van der Waals surface area contributed by atoms with Crippen molar-refractivity contribution < 1.29 is 79.7 Å². The number of carbonyl (C=O) groups is 6. The minimum absolute atomic E-state index is 0. The fourth-order valence-electron chi connectivity index (χ4n) is 11.9. The lowest BCUT2D eigenvalue weighted by atomic mass is 9.95. The molecule has 7 aliphatic carbocycles. The van der Waals surface area contributed by atoms with Gasteiger partial charge in [-0.2, -0.15) is 0 Å². The number of esters is 2. The Bertz CT molecular complexity index is 2080. The van der Waals surface area contributed by atoms with Crippen molar-refractivity contribution in [3.05, 3.63) is 28.0 Å². The minimum atomic E-state index is -1.89. The van der Waals surface area contributed by atoms with Crippen LogP contribution >= 0.6 is 23.2 Å². The van der Waals surface area contributed by atoms with E-state index in [4.69, 9.17) is 42.6 Å². The molecule has 7 fully saturated rings. The molecule has 1 amide bonds.